The van der Waals surface area contributed by atoms with E-state index in [0.717, 1.165) is 19.6 Å². The first-order valence-corrected chi connectivity index (χ1v) is 6.68. The Labute approximate surface area is 102 Å². The van der Waals surface area contributed by atoms with Gasteiger partial charge in [-0.1, -0.05) is 18.2 Å². The average molecular weight is 237 g/mol. The normalized spacial score (nSPS) is 20.8. The Kier molecular flexibility index (Phi) is 4.27. The molecule has 0 saturated heterocycles. The van der Waals surface area contributed by atoms with Gasteiger partial charge in [0.1, 0.15) is 0 Å². The molecule has 0 saturated carbocycles. The van der Waals surface area contributed by atoms with Gasteiger partial charge < -0.3 is 10.1 Å². The van der Waals surface area contributed by atoms with Gasteiger partial charge in [0.05, 0.1) is 12.7 Å². The van der Waals surface area contributed by atoms with Gasteiger partial charge in [-0.2, -0.15) is 0 Å². The van der Waals surface area contributed by atoms with E-state index < -0.39 is 0 Å². The summed E-state index contributed by atoms with van der Waals surface area (Å²) in [6.45, 7) is 3.88. The molecule has 1 aromatic carbocycles. The topological polar surface area (TPSA) is 21.3 Å². The van der Waals surface area contributed by atoms with E-state index in [1.165, 1.54) is 10.5 Å². The second-order valence-electron chi connectivity index (χ2n) is 4.25. The van der Waals surface area contributed by atoms with Crippen molar-refractivity contribution in [2.24, 2.45) is 0 Å². The van der Waals surface area contributed by atoms with Crippen molar-refractivity contribution in [1.29, 1.82) is 0 Å². The zero-order valence-corrected chi connectivity index (χ0v) is 10.7. The van der Waals surface area contributed by atoms with Crippen LogP contribution >= 0.6 is 11.8 Å². The number of fused-ring (bicyclic) bond motifs is 1. The van der Waals surface area contributed by atoms with Gasteiger partial charge in [-0.25, -0.2) is 0 Å². The number of benzene rings is 1. The summed E-state index contributed by atoms with van der Waals surface area (Å²) in [5.74, 6) is 0. The number of thioether (sulfide) groups is 1. The Hall–Kier alpha value is -0.510. The minimum atomic E-state index is 0.300. The van der Waals surface area contributed by atoms with Crippen LogP contribution in [0.15, 0.2) is 29.2 Å². The van der Waals surface area contributed by atoms with Gasteiger partial charge >= 0.3 is 0 Å². The SMILES string of the molecule is CNCC(C)OCC1Cc2ccccc2S1. The highest BCUT2D eigenvalue weighted by Gasteiger charge is 2.22. The maximum absolute atomic E-state index is 5.81. The van der Waals surface area contributed by atoms with Crippen LogP contribution in [0.4, 0.5) is 0 Å². The lowest BCUT2D eigenvalue weighted by Gasteiger charge is -2.15. The molecule has 0 radical (unpaired) electrons. The van der Waals surface area contributed by atoms with Crippen molar-refractivity contribution in [3.63, 3.8) is 0 Å². The van der Waals surface area contributed by atoms with E-state index in [2.05, 4.69) is 36.5 Å². The zero-order valence-electron chi connectivity index (χ0n) is 9.90. The van der Waals surface area contributed by atoms with Gasteiger partial charge in [0.15, 0.2) is 0 Å². The van der Waals surface area contributed by atoms with Crippen LogP contribution in [0.1, 0.15) is 12.5 Å². The molecule has 0 aromatic heterocycles. The summed E-state index contributed by atoms with van der Waals surface area (Å²) in [6.07, 6.45) is 1.45. The minimum absolute atomic E-state index is 0.300. The van der Waals surface area contributed by atoms with E-state index in [-0.39, 0.29) is 0 Å². The van der Waals surface area contributed by atoms with Gasteiger partial charge in [0.25, 0.3) is 0 Å². The van der Waals surface area contributed by atoms with Crippen LogP contribution < -0.4 is 5.32 Å². The molecule has 0 spiro atoms. The standard InChI is InChI=1S/C13H19NOS/c1-10(8-14-2)15-9-12-7-11-5-3-4-6-13(11)16-12/h3-6,10,12,14H,7-9H2,1-2H3. The maximum atomic E-state index is 5.81. The predicted octanol–water partition coefficient (Wildman–Crippen LogP) is 2.33. The minimum Gasteiger partial charge on any atom is -0.376 e. The van der Waals surface area contributed by atoms with Crippen LogP contribution in [-0.4, -0.2) is 31.6 Å². The van der Waals surface area contributed by atoms with E-state index in [0.29, 0.717) is 11.4 Å². The lowest BCUT2D eigenvalue weighted by molar-refractivity contribution is 0.0687. The van der Waals surface area contributed by atoms with Crippen molar-refractivity contribution in [3.05, 3.63) is 29.8 Å². The summed E-state index contributed by atoms with van der Waals surface area (Å²) in [5.41, 5.74) is 1.47. The van der Waals surface area contributed by atoms with Crippen molar-refractivity contribution >= 4 is 11.8 Å². The molecule has 1 aliphatic heterocycles. The first-order valence-electron chi connectivity index (χ1n) is 5.80. The molecule has 1 aromatic rings. The molecule has 0 fully saturated rings. The third kappa shape index (κ3) is 3.00. The fourth-order valence-corrected chi connectivity index (χ4v) is 3.19. The maximum Gasteiger partial charge on any atom is 0.0671 e. The van der Waals surface area contributed by atoms with E-state index in [4.69, 9.17) is 4.74 Å². The Balaban J connectivity index is 1.79. The van der Waals surface area contributed by atoms with Crippen molar-refractivity contribution < 1.29 is 4.74 Å². The van der Waals surface area contributed by atoms with Crippen molar-refractivity contribution in [2.45, 2.75) is 29.6 Å². The van der Waals surface area contributed by atoms with E-state index in [1.54, 1.807) is 0 Å². The van der Waals surface area contributed by atoms with Crippen LogP contribution in [0.5, 0.6) is 0 Å². The van der Waals surface area contributed by atoms with E-state index in [9.17, 15) is 0 Å². The number of hydrogen-bond acceptors (Lipinski definition) is 3. The molecule has 88 valence electrons. The second-order valence-corrected chi connectivity index (χ2v) is 5.60. The molecule has 1 heterocycles. The van der Waals surface area contributed by atoms with E-state index >= 15 is 0 Å². The summed E-state index contributed by atoms with van der Waals surface area (Å²) in [5, 5.41) is 3.72. The Morgan fingerprint density at radius 2 is 2.31 bits per heavy atom. The summed E-state index contributed by atoms with van der Waals surface area (Å²) < 4.78 is 5.81. The molecule has 16 heavy (non-hydrogen) atoms. The average Bonchev–Trinajstić information content (AvgIpc) is 2.69. The van der Waals surface area contributed by atoms with Gasteiger partial charge in [0, 0.05) is 16.7 Å². The lowest BCUT2D eigenvalue weighted by atomic mass is 10.1. The van der Waals surface area contributed by atoms with Crippen molar-refractivity contribution in [1.82, 2.24) is 5.32 Å². The van der Waals surface area contributed by atoms with E-state index in [1.807, 2.05) is 18.8 Å². The molecular formula is C13H19NOS. The molecule has 0 bridgehead atoms. The third-order valence-electron chi connectivity index (χ3n) is 2.77. The number of nitrogens with one attached hydrogen (secondary N) is 1. The third-order valence-corrected chi connectivity index (χ3v) is 4.06. The highest BCUT2D eigenvalue weighted by Crippen LogP contribution is 2.36. The molecule has 3 heteroatoms. The van der Waals surface area contributed by atoms with Crippen molar-refractivity contribution in [3.8, 4) is 0 Å². The Morgan fingerprint density at radius 1 is 1.50 bits per heavy atom. The number of hydrogen-bond donors (Lipinski definition) is 1. The molecule has 2 rings (SSSR count). The van der Waals surface area contributed by atoms with Gasteiger partial charge in [-0.15, -0.1) is 11.8 Å². The fourth-order valence-electron chi connectivity index (χ4n) is 1.96. The molecule has 1 N–H and O–H groups in total. The summed E-state index contributed by atoms with van der Waals surface area (Å²) in [7, 11) is 1.96. The van der Waals surface area contributed by atoms with Crippen LogP contribution in [0.2, 0.25) is 0 Å². The van der Waals surface area contributed by atoms with Crippen molar-refractivity contribution in [2.75, 3.05) is 20.2 Å². The van der Waals surface area contributed by atoms with Gasteiger partial charge in [-0.3, -0.25) is 0 Å². The molecule has 0 amide bonds. The Bertz CT molecular complexity index is 317. The fraction of sp³-hybridized carbons (Fsp3) is 0.538. The molecular weight excluding hydrogens is 218 g/mol. The first kappa shape index (κ1) is 12.0. The summed E-state index contributed by atoms with van der Waals surface area (Å²) >= 11 is 1.95. The molecule has 1 aliphatic rings. The zero-order chi connectivity index (χ0) is 11.4. The molecule has 0 aliphatic carbocycles. The monoisotopic (exact) mass is 237 g/mol. The van der Waals surface area contributed by atoms with Crippen LogP contribution in [0.3, 0.4) is 0 Å². The highest BCUT2D eigenvalue weighted by atomic mass is 32.2. The number of rotatable bonds is 5. The molecule has 2 nitrogen and oxygen atoms in total. The van der Waals surface area contributed by atoms with Gasteiger partial charge in [0.2, 0.25) is 0 Å². The summed E-state index contributed by atoms with van der Waals surface area (Å²) in [4.78, 5) is 1.43. The quantitative estimate of drug-likeness (QED) is 0.849. The van der Waals surface area contributed by atoms with Crippen LogP contribution in [0.25, 0.3) is 0 Å². The Morgan fingerprint density at radius 3 is 3.06 bits per heavy atom. The highest BCUT2D eigenvalue weighted by molar-refractivity contribution is 8.00. The largest absolute Gasteiger partial charge is 0.376 e. The molecule has 2 atom stereocenters. The molecule has 2 unspecified atom stereocenters. The lowest BCUT2D eigenvalue weighted by Crippen LogP contribution is -2.26. The number of ether oxygens (including phenoxy) is 1. The summed E-state index contributed by atoms with van der Waals surface area (Å²) in [6, 6.07) is 8.65. The second kappa shape index (κ2) is 5.71. The first-order chi connectivity index (χ1) is 7.79. The predicted molar refractivity (Wildman–Crippen MR) is 69.1 cm³/mol. The smallest absolute Gasteiger partial charge is 0.0671 e. The number of likely N-dealkylation sites (N-methyl/N-ethyl adjacent to an activating group) is 1. The van der Waals surface area contributed by atoms with Crippen LogP contribution in [0, 0.1) is 0 Å². The van der Waals surface area contributed by atoms with Crippen LogP contribution in [-0.2, 0) is 11.2 Å². The van der Waals surface area contributed by atoms with Gasteiger partial charge in [-0.05, 0) is 32.0 Å².